The Morgan fingerprint density at radius 3 is 2.20 bits per heavy atom. The molecular weight excluding hydrogens is 266 g/mol. The van der Waals surface area contributed by atoms with Gasteiger partial charge in [-0.15, -0.1) is 0 Å². The number of esters is 1. The van der Waals surface area contributed by atoms with Crippen LogP contribution in [0.2, 0.25) is 0 Å². The Morgan fingerprint density at radius 2 is 1.75 bits per heavy atom. The summed E-state index contributed by atoms with van der Waals surface area (Å²) in [7, 11) is 2.23. The van der Waals surface area contributed by atoms with Crippen LogP contribution in [0.15, 0.2) is 30.3 Å². The van der Waals surface area contributed by atoms with Gasteiger partial charge in [-0.2, -0.15) is 0 Å². The Hall–Kier alpha value is -2.57. The molecule has 0 unspecified atom stereocenters. The van der Waals surface area contributed by atoms with Crippen LogP contribution >= 0.6 is 0 Å². The summed E-state index contributed by atoms with van der Waals surface area (Å²) in [5.74, 6) is -2.16. The van der Waals surface area contributed by atoms with Crippen molar-refractivity contribution in [2.75, 3.05) is 14.2 Å². The molecule has 0 saturated heterocycles. The van der Waals surface area contributed by atoms with Gasteiger partial charge in [0.1, 0.15) is 0 Å². The van der Waals surface area contributed by atoms with Crippen LogP contribution in [0.5, 0.6) is 0 Å². The van der Waals surface area contributed by atoms with Crippen LogP contribution in [0.3, 0.4) is 0 Å². The number of benzene rings is 1. The Kier molecular flexibility index (Phi) is 5.08. The minimum absolute atomic E-state index is 0.291. The predicted molar refractivity (Wildman–Crippen MR) is 67.9 cm³/mol. The third kappa shape index (κ3) is 3.25. The van der Waals surface area contributed by atoms with Crippen LogP contribution < -0.4 is 5.32 Å². The average molecular weight is 281 g/mol. The van der Waals surface area contributed by atoms with Crippen LogP contribution in [0.1, 0.15) is 12.0 Å². The smallest absolute Gasteiger partial charge is 0.408 e. The van der Waals surface area contributed by atoms with Crippen molar-refractivity contribution < 1.29 is 29.0 Å². The summed E-state index contributed by atoms with van der Waals surface area (Å²) >= 11 is 0. The normalized spacial score (nSPS) is 12.9. The molecule has 7 heteroatoms. The highest BCUT2D eigenvalue weighted by Gasteiger charge is 2.45. The fourth-order valence-electron chi connectivity index (χ4n) is 1.81. The van der Waals surface area contributed by atoms with E-state index >= 15 is 0 Å². The van der Waals surface area contributed by atoms with E-state index in [-0.39, 0.29) is 0 Å². The van der Waals surface area contributed by atoms with E-state index in [1.807, 2.05) is 0 Å². The average Bonchev–Trinajstić information content (AvgIpc) is 2.45. The SMILES string of the molecule is COC(=O)N[C@](CC(=O)O)(C(=O)OC)c1ccccc1. The number of ether oxygens (including phenoxy) is 2. The standard InChI is InChI=1S/C13H15NO6/c1-19-11(17)13(8-10(15)16,14-12(18)20-2)9-6-4-3-5-7-9/h3-7H,8H2,1-2H3,(H,14,18)(H,15,16)/t13-/m0/s1. The lowest BCUT2D eigenvalue weighted by molar-refractivity contribution is -0.154. The molecule has 0 radical (unpaired) electrons. The number of nitrogens with one attached hydrogen (secondary N) is 1. The van der Waals surface area contributed by atoms with E-state index in [9.17, 15) is 14.4 Å². The molecule has 0 aromatic heterocycles. The lowest BCUT2D eigenvalue weighted by atomic mass is 9.86. The number of rotatable bonds is 5. The highest BCUT2D eigenvalue weighted by molar-refractivity contribution is 5.91. The van der Waals surface area contributed by atoms with Gasteiger partial charge < -0.3 is 19.9 Å². The van der Waals surface area contributed by atoms with Gasteiger partial charge in [-0.25, -0.2) is 9.59 Å². The number of methoxy groups -OCH3 is 2. The molecule has 1 aromatic carbocycles. The van der Waals surface area contributed by atoms with Gasteiger partial charge in [0.05, 0.1) is 20.6 Å². The minimum Gasteiger partial charge on any atom is -0.481 e. The molecule has 7 nitrogen and oxygen atoms in total. The van der Waals surface area contributed by atoms with Gasteiger partial charge in [0, 0.05) is 0 Å². The quantitative estimate of drug-likeness (QED) is 0.777. The van der Waals surface area contributed by atoms with Crippen molar-refractivity contribution in [3.8, 4) is 0 Å². The molecule has 0 fully saturated rings. The molecule has 0 heterocycles. The van der Waals surface area contributed by atoms with E-state index in [4.69, 9.17) is 5.11 Å². The summed E-state index contributed by atoms with van der Waals surface area (Å²) in [5, 5.41) is 11.3. The van der Waals surface area contributed by atoms with Crippen LogP contribution in [-0.2, 0) is 24.6 Å². The largest absolute Gasteiger partial charge is 0.481 e. The Bertz CT molecular complexity index is 501. The van der Waals surface area contributed by atoms with E-state index < -0.39 is 30.0 Å². The fraction of sp³-hybridized carbons (Fsp3) is 0.308. The van der Waals surface area contributed by atoms with Crippen molar-refractivity contribution >= 4 is 18.0 Å². The van der Waals surface area contributed by atoms with Gasteiger partial charge in [-0.05, 0) is 5.56 Å². The zero-order valence-electron chi connectivity index (χ0n) is 11.1. The number of carboxylic acids is 1. The zero-order valence-corrected chi connectivity index (χ0v) is 11.1. The number of hydrogen-bond acceptors (Lipinski definition) is 5. The first-order valence-electron chi connectivity index (χ1n) is 5.68. The lowest BCUT2D eigenvalue weighted by Gasteiger charge is -2.30. The van der Waals surface area contributed by atoms with Crippen molar-refractivity contribution in [2.24, 2.45) is 0 Å². The van der Waals surface area contributed by atoms with Gasteiger partial charge in [-0.1, -0.05) is 30.3 Å². The summed E-state index contributed by atoms with van der Waals surface area (Å²) in [6, 6.07) is 7.98. The molecule has 1 atom stereocenters. The summed E-state index contributed by atoms with van der Waals surface area (Å²) in [6.07, 6.45) is -1.60. The van der Waals surface area contributed by atoms with Crippen LogP contribution in [0.25, 0.3) is 0 Å². The van der Waals surface area contributed by atoms with Crippen molar-refractivity contribution in [2.45, 2.75) is 12.0 Å². The first-order chi connectivity index (χ1) is 9.46. The van der Waals surface area contributed by atoms with Crippen molar-refractivity contribution in [3.63, 3.8) is 0 Å². The third-order valence-corrected chi connectivity index (χ3v) is 2.72. The van der Waals surface area contributed by atoms with E-state index in [0.717, 1.165) is 14.2 Å². The van der Waals surface area contributed by atoms with Crippen LogP contribution in [-0.4, -0.2) is 37.4 Å². The predicted octanol–water partition coefficient (Wildman–Crippen LogP) is 0.886. The molecule has 1 amide bonds. The summed E-state index contributed by atoms with van der Waals surface area (Å²) in [6.45, 7) is 0. The molecule has 0 aliphatic carbocycles. The Labute approximate surface area is 115 Å². The molecule has 0 aliphatic heterocycles. The Morgan fingerprint density at radius 1 is 1.15 bits per heavy atom. The second kappa shape index (κ2) is 6.55. The zero-order chi connectivity index (χ0) is 15.2. The Balaban J connectivity index is 3.36. The summed E-state index contributed by atoms with van der Waals surface area (Å²) in [4.78, 5) is 34.6. The fourth-order valence-corrected chi connectivity index (χ4v) is 1.81. The molecule has 0 aliphatic rings. The molecule has 2 N–H and O–H groups in total. The number of alkyl carbamates (subject to hydrolysis) is 1. The van der Waals surface area contributed by atoms with E-state index in [2.05, 4.69) is 14.8 Å². The molecule has 0 spiro atoms. The number of carbonyl (C=O) groups is 3. The molecule has 0 bridgehead atoms. The maximum atomic E-state index is 12.1. The molecule has 1 rings (SSSR count). The van der Waals surface area contributed by atoms with Crippen LogP contribution in [0.4, 0.5) is 4.79 Å². The van der Waals surface area contributed by atoms with Crippen molar-refractivity contribution in [1.82, 2.24) is 5.32 Å². The summed E-state index contributed by atoms with van der Waals surface area (Å²) < 4.78 is 9.10. The molecule has 1 aromatic rings. The highest BCUT2D eigenvalue weighted by atomic mass is 16.5. The van der Waals surface area contributed by atoms with E-state index in [0.29, 0.717) is 5.56 Å². The van der Waals surface area contributed by atoms with Gasteiger partial charge >= 0.3 is 18.0 Å². The highest BCUT2D eigenvalue weighted by Crippen LogP contribution is 2.27. The first kappa shape index (κ1) is 15.5. The van der Waals surface area contributed by atoms with Crippen molar-refractivity contribution in [3.05, 3.63) is 35.9 Å². The van der Waals surface area contributed by atoms with Gasteiger partial charge in [0.25, 0.3) is 0 Å². The molecule has 20 heavy (non-hydrogen) atoms. The third-order valence-electron chi connectivity index (χ3n) is 2.72. The summed E-state index contributed by atoms with van der Waals surface area (Å²) in [5.41, 5.74) is -1.55. The second-order valence-electron chi connectivity index (χ2n) is 3.95. The minimum atomic E-state index is -1.84. The van der Waals surface area contributed by atoms with Gasteiger partial charge in [-0.3, -0.25) is 4.79 Å². The van der Waals surface area contributed by atoms with E-state index in [1.165, 1.54) is 12.1 Å². The second-order valence-corrected chi connectivity index (χ2v) is 3.95. The lowest BCUT2D eigenvalue weighted by Crippen LogP contribution is -2.53. The van der Waals surface area contributed by atoms with Gasteiger partial charge in [0.15, 0.2) is 5.54 Å². The van der Waals surface area contributed by atoms with Crippen molar-refractivity contribution in [1.29, 1.82) is 0 Å². The number of hydrogen-bond donors (Lipinski definition) is 2. The molecule has 0 saturated carbocycles. The van der Waals surface area contributed by atoms with Crippen LogP contribution in [0, 0.1) is 0 Å². The number of aliphatic carboxylic acids is 1. The molecule has 108 valence electrons. The monoisotopic (exact) mass is 281 g/mol. The number of carbonyl (C=O) groups excluding carboxylic acids is 2. The number of carboxylic acid groups (broad SMARTS) is 1. The van der Waals surface area contributed by atoms with Gasteiger partial charge in [0.2, 0.25) is 0 Å². The molecular formula is C13H15NO6. The maximum absolute atomic E-state index is 12.1. The van der Waals surface area contributed by atoms with E-state index in [1.54, 1.807) is 18.2 Å². The topological polar surface area (TPSA) is 102 Å². The maximum Gasteiger partial charge on any atom is 0.408 e. The first-order valence-corrected chi connectivity index (χ1v) is 5.68. The number of amides is 1.